The number of hydrogen-bond acceptors (Lipinski definition) is 0. The third kappa shape index (κ3) is 2.56. The molecule has 0 fully saturated rings. The second-order valence-corrected chi connectivity index (χ2v) is 5.29. The van der Waals surface area contributed by atoms with E-state index in [9.17, 15) is 0 Å². The maximum Gasteiger partial charge on any atom is 0.0204 e. The van der Waals surface area contributed by atoms with Crippen molar-refractivity contribution >= 4 is 22.0 Å². The van der Waals surface area contributed by atoms with E-state index in [0.717, 1.165) is 10.9 Å². The van der Waals surface area contributed by atoms with Crippen LogP contribution in [0.4, 0.5) is 0 Å². The fourth-order valence-corrected chi connectivity index (χ4v) is 2.36. The van der Waals surface area contributed by atoms with Crippen LogP contribution in [0.2, 0.25) is 0 Å². The Morgan fingerprint density at radius 1 is 1.11 bits per heavy atom. The van der Waals surface area contributed by atoms with E-state index in [2.05, 4.69) is 72.8 Å². The van der Waals surface area contributed by atoms with Gasteiger partial charge in [0, 0.05) is 4.47 Å². The van der Waals surface area contributed by atoms with E-state index < -0.39 is 0 Å². The highest BCUT2D eigenvalue weighted by Gasteiger charge is 2.03. The normalized spacial score (nSPS) is 10.4. The summed E-state index contributed by atoms with van der Waals surface area (Å²) >= 11 is 3.54. The molecule has 0 amide bonds. The SMILES string of the molecule is C=Cc1ccc(-c2ccc(Br)c(C)c2)cc1CC. The molecular weight excluding hydrogens is 284 g/mol. The van der Waals surface area contributed by atoms with E-state index in [0.29, 0.717) is 0 Å². The van der Waals surface area contributed by atoms with Crippen molar-refractivity contribution in [1.82, 2.24) is 0 Å². The van der Waals surface area contributed by atoms with Gasteiger partial charge in [0.15, 0.2) is 0 Å². The molecule has 0 nitrogen and oxygen atoms in total. The molecule has 0 radical (unpaired) electrons. The van der Waals surface area contributed by atoms with Gasteiger partial charge in [-0.3, -0.25) is 0 Å². The molecule has 0 aliphatic rings. The first-order chi connectivity index (χ1) is 8.65. The van der Waals surface area contributed by atoms with E-state index in [1.165, 1.54) is 27.8 Å². The summed E-state index contributed by atoms with van der Waals surface area (Å²) in [5, 5.41) is 0. The fraction of sp³-hybridized carbons (Fsp3) is 0.176. The molecule has 0 spiro atoms. The van der Waals surface area contributed by atoms with E-state index in [1.807, 2.05) is 6.08 Å². The number of hydrogen-bond donors (Lipinski definition) is 0. The zero-order valence-corrected chi connectivity index (χ0v) is 12.4. The van der Waals surface area contributed by atoms with Crippen LogP contribution < -0.4 is 0 Å². The summed E-state index contributed by atoms with van der Waals surface area (Å²) in [7, 11) is 0. The van der Waals surface area contributed by atoms with Crippen molar-refractivity contribution in [2.45, 2.75) is 20.3 Å². The van der Waals surface area contributed by atoms with Crippen molar-refractivity contribution in [2.24, 2.45) is 0 Å². The van der Waals surface area contributed by atoms with Gasteiger partial charge < -0.3 is 0 Å². The summed E-state index contributed by atoms with van der Waals surface area (Å²) in [5.41, 5.74) is 6.38. The van der Waals surface area contributed by atoms with Gasteiger partial charge in [0.2, 0.25) is 0 Å². The maximum atomic E-state index is 3.86. The fourth-order valence-electron chi connectivity index (χ4n) is 2.11. The summed E-state index contributed by atoms with van der Waals surface area (Å²) in [6.45, 7) is 8.16. The van der Waals surface area contributed by atoms with Gasteiger partial charge >= 0.3 is 0 Å². The van der Waals surface area contributed by atoms with Crippen LogP contribution in [-0.4, -0.2) is 0 Å². The van der Waals surface area contributed by atoms with Crippen molar-refractivity contribution in [3.05, 3.63) is 64.1 Å². The van der Waals surface area contributed by atoms with Crippen molar-refractivity contribution in [3.63, 3.8) is 0 Å². The van der Waals surface area contributed by atoms with Gasteiger partial charge in [-0.15, -0.1) is 0 Å². The minimum absolute atomic E-state index is 1.03. The van der Waals surface area contributed by atoms with Crippen LogP contribution in [-0.2, 0) is 6.42 Å². The molecule has 2 aromatic carbocycles. The Balaban J connectivity index is 2.50. The van der Waals surface area contributed by atoms with Gasteiger partial charge in [0.25, 0.3) is 0 Å². The average Bonchev–Trinajstić information content (AvgIpc) is 2.41. The highest BCUT2D eigenvalue weighted by molar-refractivity contribution is 9.10. The molecule has 18 heavy (non-hydrogen) atoms. The van der Waals surface area contributed by atoms with Crippen LogP contribution in [0.3, 0.4) is 0 Å². The van der Waals surface area contributed by atoms with Gasteiger partial charge in [0.05, 0.1) is 0 Å². The molecule has 0 bridgehead atoms. The Morgan fingerprint density at radius 2 is 1.78 bits per heavy atom. The van der Waals surface area contributed by atoms with E-state index in [1.54, 1.807) is 0 Å². The molecule has 0 aliphatic heterocycles. The number of benzene rings is 2. The lowest BCUT2D eigenvalue weighted by Gasteiger charge is -2.09. The van der Waals surface area contributed by atoms with Crippen LogP contribution in [0.1, 0.15) is 23.6 Å². The van der Waals surface area contributed by atoms with Gasteiger partial charge in [-0.1, -0.05) is 65.8 Å². The molecule has 92 valence electrons. The highest BCUT2D eigenvalue weighted by Crippen LogP contribution is 2.27. The summed E-state index contributed by atoms with van der Waals surface area (Å²) < 4.78 is 1.16. The molecule has 0 saturated heterocycles. The average molecular weight is 301 g/mol. The zero-order chi connectivity index (χ0) is 13.1. The largest absolute Gasteiger partial charge is 0.0985 e. The lowest BCUT2D eigenvalue weighted by atomic mass is 9.97. The summed E-state index contributed by atoms with van der Waals surface area (Å²) in [5.74, 6) is 0. The molecule has 0 aromatic heterocycles. The predicted molar refractivity (Wildman–Crippen MR) is 83.8 cm³/mol. The third-order valence-electron chi connectivity index (χ3n) is 3.24. The summed E-state index contributed by atoms with van der Waals surface area (Å²) in [4.78, 5) is 0. The molecule has 0 aliphatic carbocycles. The van der Waals surface area contributed by atoms with Crippen LogP contribution in [0.15, 0.2) is 47.4 Å². The minimum atomic E-state index is 1.03. The number of halogens is 1. The van der Waals surface area contributed by atoms with Crippen LogP contribution in [0.25, 0.3) is 17.2 Å². The molecule has 2 aromatic rings. The van der Waals surface area contributed by atoms with Gasteiger partial charge in [-0.2, -0.15) is 0 Å². The van der Waals surface area contributed by atoms with Gasteiger partial charge in [-0.05, 0) is 47.2 Å². The Labute approximate surface area is 117 Å². The minimum Gasteiger partial charge on any atom is -0.0985 e. The first-order valence-electron chi connectivity index (χ1n) is 6.17. The second kappa shape index (κ2) is 5.53. The van der Waals surface area contributed by atoms with Crippen molar-refractivity contribution < 1.29 is 0 Å². The first kappa shape index (κ1) is 13.1. The number of rotatable bonds is 3. The van der Waals surface area contributed by atoms with Crippen molar-refractivity contribution in [1.29, 1.82) is 0 Å². The molecule has 0 N–H and O–H groups in total. The van der Waals surface area contributed by atoms with E-state index >= 15 is 0 Å². The standard InChI is InChI=1S/C17H17Br/c1-4-13-6-7-16(11-14(13)5-2)15-8-9-17(18)12(3)10-15/h4,6-11H,1,5H2,2-3H3. The number of aryl methyl sites for hydroxylation is 2. The lowest BCUT2D eigenvalue weighted by molar-refractivity contribution is 1.13. The first-order valence-corrected chi connectivity index (χ1v) is 6.97. The molecule has 0 unspecified atom stereocenters. The van der Waals surface area contributed by atoms with Crippen molar-refractivity contribution in [3.8, 4) is 11.1 Å². The van der Waals surface area contributed by atoms with Crippen LogP contribution >= 0.6 is 15.9 Å². The van der Waals surface area contributed by atoms with Gasteiger partial charge in [0.1, 0.15) is 0 Å². The highest BCUT2D eigenvalue weighted by atomic mass is 79.9. The van der Waals surface area contributed by atoms with E-state index in [4.69, 9.17) is 0 Å². The molecular formula is C17H17Br. The summed E-state index contributed by atoms with van der Waals surface area (Å²) in [6, 6.07) is 13.1. The van der Waals surface area contributed by atoms with Crippen molar-refractivity contribution in [2.75, 3.05) is 0 Å². The predicted octanol–water partition coefficient (Wildman–Crippen LogP) is 5.63. The second-order valence-electron chi connectivity index (χ2n) is 4.44. The van der Waals surface area contributed by atoms with Crippen LogP contribution in [0.5, 0.6) is 0 Å². The Morgan fingerprint density at radius 3 is 2.39 bits per heavy atom. The topological polar surface area (TPSA) is 0 Å². The van der Waals surface area contributed by atoms with E-state index in [-0.39, 0.29) is 0 Å². The summed E-state index contributed by atoms with van der Waals surface area (Å²) in [6.07, 6.45) is 2.96. The van der Waals surface area contributed by atoms with Crippen LogP contribution in [0, 0.1) is 6.92 Å². The molecule has 0 atom stereocenters. The Hall–Kier alpha value is -1.34. The molecule has 0 saturated carbocycles. The Bertz CT molecular complexity index is 582. The third-order valence-corrected chi connectivity index (χ3v) is 4.12. The monoisotopic (exact) mass is 300 g/mol. The smallest absolute Gasteiger partial charge is 0.0204 e. The van der Waals surface area contributed by atoms with Gasteiger partial charge in [-0.25, -0.2) is 0 Å². The lowest BCUT2D eigenvalue weighted by Crippen LogP contribution is -1.88. The Kier molecular flexibility index (Phi) is 4.03. The molecule has 2 rings (SSSR count). The maximum absolute atomic E-state index is 3.86. The molecule has 0 heterocycles. The molecule has 1 heteroatoms. The zero-order valence-electron chi connectivity index (χ0n) is 10.8. The quantitative estimate of drug-likeness (QED) is 0.689.